The Labute approximate surface area is 140 Å². The highest BCUT2D eigenvalue weighted by Crippen LogP contribution is 2.47. The van der Waals surface area contributed by atoms with Crippen LogP contribution in [0.4, 0.5) is 0 Å². The zero-order valence-electron chi connectivity index (χ0n) is 12.7. The molecule has 1 aromatic rings. The van der Waals surface area contributed by atoms with Crippen molar-refractivity contribution in [1.82, 2.24) is 10.2 Å². The van der Waals surface area contributed by atoms with Crippen molar-refractivity contribution in [1.29, 1.82) is 0 Å². The second-order valence-corrected chi connectivity index (χ2v) is 9.61. The third-order valence-electron chi connectivity index (χ3n) is 3.73. The number of rotatable bonds is 11. The highest BCUT2D eigenvalue weighted by Gasteiger charge is 2.27. The maximum absolute atomic E-state index is 5.09. The number of H-pyrrole nitrogens is 1. The number of hydrogen-bond acceptors (Lipinski definition) is 5. The monoisotopic (exact) mass is 350 g/mol. The van der Waals surface area contributed by atoms with E-state index in [2.05, 4.69) is 31.0 Å². The molecule has 116 valence electrons. The highest BCUT2D eigenvalue weighted by atomic mass is 33.1. The van der Waals surface area contributed by atoms with Crippen molar-refractivity contribution in [2.24, 2.45) is 0 Å². The van der Waals surface area contributed by atoms with E-state index in [1.54, 1.807) is 22.1 Å². The zero-order chi connectivity index (χ0) is 14.8. The molecule has 0 amide bonds. The van der Waals surface area contributed by atoms with Crippen molar-refractivity contribution < 1.29 is 0 Å². The van der Waals surface area contributed by atoms with Crippen LogP contribution in [0.15, 0.2) is 4.34 Å². The van der Waals surface area contributed by atoms with Crippen LogP contribution in [-0.4, -0.2) is 14.9 Å². The maximum Gasteiger partial charge on any atom is 0.183 e. The molecular weight excluding hydrogens is 324 g/mol. The molecule has 1 N–H and O–H groups in total. The Hall–Kier alpha value is 0.480. The summed E-state index contributed by atoms with van der Waals surface area (Å²) < 4.78 is 2.22. The molecule has 6 heteroatoms. The molecule has 1 aromatic heterocycles. The standard InChI is InChI=1S/C14H26N2S4/c1-4-7-8-9-10-11-14(5-2,6-3)20-19-13-16-15-12(17)18-13/h4-11H2,1-3H3,(H,15,17). The van der Waals surface area contributed by atoms with E-state index in [1.807, 2.05) is 10.8 Å². The van der Waals surface area contributed by atoms with E-state index in [9.17, 15) is 0 Å². The fourth-order valence-corrected chi connectivity index (χ4v) is 6.58. The summed E-state index contributed by atoms with van der Waals surface area (Å²) in [6.45, 7) is 6.90. The van der Waals surface area contributed by atoms with Crippen LogP contribution < -0.4 is 0 Å². The molecule has 0 atom stereocenters. The number of nitrogens with one attached hydrogen (secondary N) is 1. The fraction of sp³-hybridized carbons (Fsp3) is 0.857. The first-order chi connectivity index (χ1) is 9.65. The third-order valence-corrected chi connectivity index (χ3v) is 8.67. The molecule has 0 fully saturated rings. The molecule has 20 heavy (non-hydrogen) atoms. The average Bonchev–Trinajstić information content (AvgIpc) is 2.88. The molecule has 1 heterocycles. The lowest BCUT2D eigenvalue weighted by atomic mass is 9.94. The van der Waals surface area contributed by atoms with Crippen LogP contribution in [0, 0.1) is 3.95 Å². The Morgan fingerprint density at radius 3 is 2.40 bits per heavy atom. The SMILES string of the molecule is CCCCCCCC(CC)(CC)SSc1n[nH]c(=S)s1. The number of aromatic nitrogens is 2. The van der Waals surface area contributed by atoms with Crippen LogP contribution in [0.1, 0.15) is 72.1 Å². The summed E-state index contributed by atoms with van der Waals surface area (Å²) in [5, 5.41) is 7.10. The highest BCUT2D eigenvalue weighted by molar-refractivity contribution is 8.77. The first-order valence-electron chi connectivity index (χ1n) is 7.57. The lowest BCUT2D eigenvalue weighted by Gasteiger charge is -2.30. The van der Waals surface area contributed by atoms with Crippen molar-refractivity contribution in [2.45, 2.75) is 81.2 Å². The van der Waals surface area contributed by atoms with Crippen LogP contribution in [0.3, 0.4) is 0 Å². The smallest absolute Gasteiger partial charge is 0.183 e. The molecule has 0 saturated heterocycles. The minimum atomic E-state index is 0.393. The maximum atomic E-state index is 5.09. The van der Waals surface area contributed by atoms with Crippen LogP contribution >= 0.6 is 45.1 Å². The third kappa shape index (κ3) is 6.50. The van der Waals surface area contributed by atoms with Crippen molar-refractivity contribution in [3.8, 4) is 0 Å². The zero-order valence-corrected chi connectivity index (χ0v) is 16.0. The Bertz CT molecular complexity index is 409. The molecule has 0 spiro atoms. The summed E-state index contributed by atoms with van der Waals surface area (Å²) in [6, 6.07) is 0. The number of nitrogens with zero attached hydrogens (tertiary/aromatic N) is 1. The lowest BCUT2D eigenvalue weighted by Crippen LogP contribution is -2.21. The largest absolute Gasteiger partial charge is 0.257 e. The van der Waals surface area contributed by atoms with Gasteiger partial charge in [0.25, 0.3) is 0 Å². The summed E-state index contributed by atoms with van der Waals surface area (Å²) in [6.07, 6.45) is 10.6. The summed E-state index contributed by atoms with van der Waals surface area (Å²) in [7, 11) is 3.79. The van der Waals surface area contributed by atoms with Gasteiger partial charge in [-0.3, -0.25) is 5.10 Å². The fourth-order valence-electron chi connectivity index (χ4n) is 2.19. The topological polar surface area (TPSA) is 28.7 Å². The quantitative estimate of drug-likeness (QED) is 0.268. The van der Waals surface area contributed by atoms with Gasteiger partial charge in [-0.25, -0.2) is 0 Å². The van der Waals surface area contributed by atoms with Gasteiger partial charge in [0.2, 0.25) is 0 Å². The van der Waals surface area contributed by atoms with Crippen molar-refractivity contribution >= 4 is 45.1 Å². The van der Waals surface area contributed by atoms with Gasteiger partial charge in [0, 0.05) is 4.75 Å². The molecular formula is C14H26N2S4. The summed E-state index contributed by atoms with van der Waals surface area (Å²) in [4.78, 5) is 0. The predicted octanol–water partition coefficient (Wildman–Crippen LogP) is 6.86. The molecule has 0 aliphatic carbocycles. The Morgan fingerprint density at radius 2 is 1.85 bits per heavy atom. The van der Waals surface area contributed by atoms with Gasteiger partial charge < -0.3 is 0 Å². The summed E-state index contributed by atoms with van der Waals surface area (Å²) >= 11 is 6.66. The van der Waals surface area contributed by atoms with Gasteiger partial charge in [-0.15, -0.1) is 0 Å². The van der Waals surface area contributed by atoms with Gasteiger partial charge >= 0.3 is 0 Å². The molecule has 0 aliphatic rings. The van der Waals surface area contributed by atoms with E-state index < -0.39 is 0 Å². The second-order valence-electron chi connectivity index (χ2n) is 5.10. The van der Waals surface area contributed by atoms with Gasteiger partial charge in [0.1, 0.15) is 0 Å². The molecule has 0 radical (unpaired) electrons. The molecule has 0 aliphatic heterocycles. The number of aromatic amines is 1. The van der Waals surface area contributed by atoms with E-state index in [4.69, 9.17) is 12.2 Å². The Kier molecular flexibility index (Phi) is 9.49. The molecule has 1 rings (SSSR count). The van der Waals surface area contributed by atoms with Crippen LogP contribution in [0.2, 0.25) is 0 Å². The van der Waals surface area contributed by atoms with E-state index in [-0.39, 0.29) is 0 Å². The van der Waals surface area contributed by atoms with E-state index >= 15 is 0 Å². The molecule has 0 aromatic carbocycles. The van der Waals surface area contributed by atoms with Gasteiger partial charge in [0.15, 0.2) is 8.29 Å². The minimum Gasteiger partial charge on any atom is -0.257 e. The van der Waals surface area contributed by atoms with Gasteiger partial charge in [-0.2, -0.15) is 5.10 Å². The van der Waals surface area contributed by atoms with E-state index in [0.717, 1.165) is 8.29 Å². The van der Waals surface area contributed by atoms with Gasteiger partial charge in [0.05, 0.1) is 0 Å². The average molecular weight is 351 g/mol. The minimum absolute atomic E-state index is 0.393. The van der Waals surface area contributed by atoms with Crippen LogP contribution in [0.25, 0.3) is 0 Å². The first kappa shape index (κ1) is 18.5. The lowest BCUT2D eigenvalue weighted by molar-refractivity contribution is 0.473. The van der Waals surface area contributed by atoms with Gasteiger partial charge in [-0.05, 0) is 42.3 Å². The van der Waals surface area contributed by atoms with Crippen LogP contribution in [-0.2, 0) is 0 Å². The molecule has 0 bridgehead atoms. The number of hydrogen-bond donors (Lipinski definition) is 1. The summed E-state index contributed by atoms with van der Waals surface area (Å²) in [5.41, 5.74) is 0. The molecule has 0 saturated carbocycles. The predicted molar refractivity (Wildman–Crippen MR) is 97.4 cm³/mol. The van der Waals surface area contributed by atoms with E-state index in [1.165, 1.54) is 51.4 Å². The first-order valence-corrected chi connectivity index (χ1v) is 10.9. The molecule has 0 unspecified atom stereocenters. The van der Waals surface area contributed by atoms with Crippen LogP contribution in [0.5, 0.6) is 0 Å². The van der Waals surface area contributed by atoms with Crippen molar-refractivity contribution in [3.63, 3.8) is 0 Å². The van der Waals surface area contributed by atoms with E-state index in [0.29, 0.717) is 4.75 Å². The Morgan fingerprint density at radius 1 is 1.15 bits per heavy atom. The van der Waals surface area contributed by atoms with Crippen molar-refractivity contribution in [3.05, 3.63) is 3.95 Å². The van der Waals surface area contributed by atoms with Crippen molar-refractivity contribution in [2.75, 3.05) is 0 Å². The molecule has 2 nitrogen and oxygen atoms in total. The second kappa shape index (κ2) is 10.2. The van der Waals surface area contributed by atoms with Gasteiger partial charge in [-0.1, -0.05) is 75.0 Å². The number of unbranched alkanes of at least 4 members (excludes halogenated alkanes) is 4. The summed E-state index contributed by atoms with van der Waals surface area (Å²) in [5.74, 6) is 0. The normalized spacial score (nSPS) is 11.9. The Balaban J connectivity index is 2.42.